The zero-order chi connectivity index (χ0) is 21.5. The van der Waals surface area contributed by atoms with E-state index in [1.54, 1.807) is 16.9 Å². The van der Waals surface area contributed by atoms with Crippen LogP contribution < -0.4 is 0 Å². The summed E-state index contributed by atoms with van der Waals surface area (Å²) in [6.07, 6.45) is 3.30. The molecule has 0 bridgehead atoms. The highest BCUT2D eigenvalue weighted by atomic mass is 19.3. The Labute approximate surface area is 172 Å². The van der Waals surface area contributed by atoms with E-state index in [0.29, 0.717) is 16.9 Å². The first-order valence-electron chi connectivity index (χ1n) is 10.1. The maximum Gasteiger partial charge on any atom is 0.248 e. The van der Waals surface area contributed by atoms with E-state index in [0.717, 1.165) is 23.9 Å². The predicted octanol–water partition coefficient (Wildman–Crippen LogP) is 6.63. The number of benzene rings is 1. The summed E-state index contributed by atoms with van der Waals surface area (Å²) in [5, 5.41) is 4.44. The Morgan fingerprint density at radius 1 is 1.00 bits per heavy atom. The maximum atomic E-state index is 14.7. The van der Waals surface area contributed by atoms with Crippen molar-refractivity contribution in [1.29, 1.82) is 0 Å². The molecule has 0 atom stereocenters. The smallest absolute Gasteiger partial charge is 0.248 e. The quantitative estimate of drug-likeness (QED) is 0.446. The summed E-state index contributed by atoms with van der Waals surface area (Å²) < 4.78 is 57.9. The summed E-state index contributed by atoms with van der Waals surface area (Å²) in [5.41, 5.74) is 2.55. The van der Waals surface area contributed by atoms with Gasteiger partial charge >= 0.3 is 0 Å². The van der Waals surface area contributed by atoms with Crippen LogP contribution in [0.1, 0.15) is 62.8 Å². The third kappa shape index (κ3) is 3.85. The molecule has 1 aromatic carbocycles. The van der Waals surface area contributed by atoms with Crippen molar-refractivity contribution in [1.82, 2.24) is 14.8 Å². The average Bonchev–Trinajstić information content (AvgIpc) is 3.19. The second-order valence-corrected chi connectivity index (χ2v) is 8.17. The molecule has 0 saturated heterocycles. The van der Waals surface area contributed by atoms with Crippen molar-refractivity contribution in [3.8, 4) is 16.8 Å². The number of aromatic nitrogens is 3. The van der Waals surface area contributed by atoms with E-state index in [-0.39, 0.29) is 43.1 Å². The zero-order valence-electron chi connectivity index (χ0n) is 16.9. The van der Waals surface area contributed by atoms with Crippen LogP contribution in [0.4, 0.5) is 17.6 Å². The van der Waals surface area contributed by atoms with Crippen molar-refractivity contribution in [3.05, 3.63) is 65.7 Å². The third-order valence-electron chi connectivity index (χ3n) is 5.75. The number of rotatable bonds is 4. The number of pyridine rings is 1. The standard InChI is InChI=1S/C23H23F4N3/c1-14(2)20-8-12-29-30(20)22-17(18-13-16(24)3-4-19(18)25)7-11-28-21(22)15-5-9-23(26,27)10-6-15/h3-4,7-8,11-15H,5-6,9-10H2,1-2H3. The number of hydrogen-bond donors (Lipinski definition) is 0. The molecule has 2 heterocycles. The minimum absolute atomic E-state index is 0.0972. The molecule has 0 spiro atoms. The molecule has 1 saturated carbocycles. The Kier molecular flexibility index (Phi) is 5.38. The van der Waals surface area contributed by atoms with Gasteiger partial charge in [0.2, 0.25) is 5.92 Å². The van der Waals surface area contributed by atoms with E-state index < -0.39 is 17.6 Å². The Hall–Kier alpha value is -2.70. The highest BCUT2D eigenvalue weighted by Gasteiger charge is 2.37. The molecule has 0 unspecified atom stereocenters. The van der Waals surface area contributed by atoms with Crippen LogP contribution in [0.5, 0.6) is 0 Å². The van der Waals surface area contributed by atoms with Gasteiger partial charge in [0.15, 0.2) is 0 Å². The molecule has 0 amide bonds. The van der Waals surface area contributed by atoms with Crippen LogP contribution in [0.25, 0.3) is 16.8 Å². The first kappa shape index (κ1) is 20.6. The molecule has 30 heavy (non-hydrogen) atoms. The molecular formula is C23H23F4N3. The lowest BCUT2D eigenvalue weighted by Gasteiger charge is -2.30. The summed E-state index contributed by atoms with van der Waals surface area (Å²) in [6.45, 7) is 4.01. The summed E-state index contributed by atoms with van der Waals surface area (Å²) in [4.78, 5) is 4.52. The SMILES string of the molecule is CC(C)c1ccnn1-c1c(-c2cc(F)ccc2F)ccnc1C1CCC(F)(F)CC1. The highest BCUT2D eigenvalue weighted by Crippen LogP contribution is 2.44. The minimum atomic E-state index is -2.67. The number of halogens is 4. The second kappa shape index (κ2) is 7.85. The van der Waals surface area contributed by atoms with Crippen molar-refractivity contribution >= 4 is 0 Å². The van der Waals surface area contributed by atoms with Gasteiger partial charge in [-0.2, -0.15) is 5.10 Å². The van der Waals surface area contributed by atoms with Crippen LogP contribution in [0.15, 0.2) is 42.7 Å². The van der Waals surface area contributed by atoms with Gasteiger partial charge in [-0.1, -0.05) is 13.8 Å². The summed E-state index contributed by atoms with van der Waals surface area (Å²) >= 11 is 0. The lowest BCUT2D eigenvalue weighted by Crippen LogP contribution is -2.25. The van der Waals surface area contributed by atoms with E-state index in [1.165, 1.54) is 6.20 Å². The van der Waals surface area contributed by atoms with Crippen molar-refractivity contribution in [2.75, 3.05) is 0 Å². The molecule has 0 aliphatic heterocycles. The maximum absolute atomic E-state index is 14.7. The van der Waals surface area contributed by atoms with Gasteiger partial charge in [-0.15, -0.1) is 0 Å². The molecule has 2 aromatic heterocycles. The van der Waals surface area contributed by atoms with E-state index in [2.05, 4.69) is 10.1 Å². The Morgan fingerprint density at radius 2 is 1.73 bits per heavy atom. The molecule has 7 heteroatoms. The molecule has 1 aliphatic rings. The summed E-state index contributed by atoms with van der Waals surface area (Å²) in [5.74, 6) is -3.89. The van der Waals surface area contributed by atoms with Crippen LogP contribution in [-0.4, -0.2) is 20.7 Å². The van der Waals surface area contributed by atoms with Crippen molar-refractivity contribution in [2.24, 2.45) is 0 Å². The van der Waals surface area contributed by atoms with Crippen molar-refractivity contribution in [3.63, 3.8) is 0 Å². The van der Waals surface area contributed by atoms with Gasteiger partial charge in [0.25, 0.3) is 0 Å². The molecule has 158 valence electrons. The molecular weight excluding hydrogens is 394 g/mol. The average molecular weight is 417 g/mol. The van der Waals surface area contributed by atoms with Gasteiger partial charge in [0.1, 0.15) is 11.6 Å². The highest BCUT2D eigenvalue weighted by molar-refractivity contribution is 5.75. The molecule has 0 radical (unpaired) electrons. The van der Waals surface area contributed by atoms with Gasteiger partial charge in [-0.25, -0.2) is 22.2 Å². The Bertz CT molecular complexity index is 1050. The number of hydrogen-bond acceptors (Lipinski definition) is 2. The van der Waals surface area contributed by atoms with E-state index in [4.69, 9.17) is 0 Å². The van der Waals surface area contributed by atoms with E-state index in [1.807, 2.05) is 19.9 Å². The first-order chi connectivity index (χ1) is 14.3. The van der Waals surface area contributed by atoms with Gasteiger partial charge in [-0.05, 0) is 49.1 Å². The van der Waals surface area contributed by atoms with Gasteiger partial charge in [0.05, 0.1) is 11.4 Å². The van der Waals surface area contributed by atoms with Crippen molar-refractivity contribution in [2.45, 2.75) is 57.3 Å². The lowest BCUT2D eigenvalue weighted by molar-refractivity contribution is -0.0384. The number of alkyl halides is 2. The van der Waals surface area contributed by atoms with Gasteiger partial charge in [0, 0.05) is 48.0 Å². The van der Waals surface area contributed by atoms with Crippen LogP contribution in [0, 0.1) is 11.6 Å². The summed E-state index contributed by atoms with van der Waals surface area (Å²) in [7, 11) is 0. The molecule has 3 aromatic rings. The molecule has 1 aliphatic carbocycles. The zero-order valence-corrected chi connectivity index (χ0v) is 16.9. The normalized spacial score (nSPS) is 16.9. The second-order valence-electron chi connectivity index (χ2n) is 8.17. The Balaban J connectivity index is 1.93. The lowest BCUT2D eigenvalue weighted by atomic mass is 9.83. The topological polar surface area (TPSA) is 30.7 Å². The predicted molar refractivity (Wildman–Crippen MR) is 107 cm³/mol. The number of nitrogens with zero attached hydrogens (tertiary/aromatic N) is 3. The van der Waals surface area contributed by atoms with Crippen LogP contribution >= 0.6 is 0 Å². The molecule has 1 fully saturated rings. The van der Waals surface area contributed by atoms with Gasteiger partial charge < -0.3 is 0 Å². The van der Waals surface area contributed by atoms with E-state index >= 15 is 0 Å². The molecule has 3 nitrogen and oxygen atoms in total. The fourth-order valence-electron chi connectivity index (χ4n) is 4.16. The van der Waals surface area contributed by atoms with Crippen LogP contribution in [0.2, 0.25) is 0 Å². The monoisotopic (exact) mass is 417 g/mol. The largest absolute Gasteiger partial charge is 0.259 e. The minimum Gasteiger partial charge on any atom is -0.259 e. The van der Waals surface area contributed by atoms with Crippen LogP contribution in [-0.2, 0) is 0 Å². The summed E-state index contributed by atoms with van der Waals surface area (Å²) in [6, 6.07) is 6.78. The van der Waals surface area contributed by atoms with Crippen molar-refractivity contribution < 1.29 is 17.6 Å². The fraction of sp³-hybridized carbons (Fsp3) is 0.391. The van der Waals surface area contributed by atoms with E-state index in [9.17, 15) is 17.6 Å². The fourth-order valence-corrected chi connectivity index (χ4v) is 4.16. The Morgan fingerprint density at radius 3 is 2.43 bits per heavy atom. The first-order valence-corrected chi connectivity index (χ1v) is 10.1. The molecule has 0 N–H and O–H groups in total. The van der Waals surface area contributed by atoms with Gasteiger partial charge in [-0.3, -0.25) is 4.98 Å². The third-order valence-corrected chi connectivity index (χ3v) is 5.75. The van der Waals surface area contributed by atoms with Crippen LogP contribution in [0.3, 0.4) is 0 Å². The molecule has 4 rings (SSSR count).